The maximum atomic E-state index is 11.6. The number of unbranched alkanes of at least 4 members (excludes halogenated alkanes) is 11. The zero-order valence-corrected chi connectivity index (χ0v) is 17.9. The highest BCUT2D eigenvalue weighted by atomic mass is 16.7. The van der Waals surface area contributed by atoms with E-state index in [1.165, 1.54) is 64.2 Å². The van der Waals surface area contributed by atoms with E-state index in [2.05, 4.69) is 13.8 Å². The fourth-order valence-electron chi connectivity index (χ4n) is 3.24. The molecule has 0 bridgehead atoms. The van der Waals surface area contributed by atoms with Crippen molar-refractivity contribution in [2.45, 2.75) is 129 Å². The Hall–Kier alpha value is -0.650. The van der Waals surface area contributed by atoms with Crippen LogP contribution in [-0.2, 0) is 9.53 Å². The van der Waals surface area contributed by atoms with Crippen molar-refractivity contribution in [1.82, 2.24) is 0 Å². The molecule has 0 fully saturated rings. The van der Waals surface area contributed by atoms with Gasteiger partial charge in [0.15, 0.2) is 6.10 Å². The lowest BCUT2D eigenvalue weighted by Crippen LogP contribution is -2.44. The molecule has 0 aromatic carbocycles. The van der Waals surface area contributed by atoms with E-state index in [4.69, 9.17) is 20.1 Å². The zero-order valence-electron chi connectivity index (χ0n) is 17.9. The van der Waals surface area contributed by atoms with Crippen molar-refractivity contribution in [3.05, 3.63) is 0 Å². The Morgan fingerprint density at radius 1 is 0.778 bits per heavy atom. The summed E-state index contributed by atoms with van der Waals surface area (Å²) in [7, 11) is 0. The predicted octanol–water partition coefficient (Wildman–Crippen LogP) is 5.06. The van der Waals surface area contributed by atoms with Crippen molar-refractivity contribution >= 4 is 5.97 Å². The number of hydrogen-bond donors (Lipinski definition) is 3. The Kier molecular flexibility index (Phi) is 15.9. The molecule has 3 N–H and O–H groups in total. The van der Waals surface area contributed by atoms with Gasteiger partial charge in [-0.3, -0.25) is 4.79 Å². The summed E-state index contributed by atoms with van der Waals surface area (Å²) in [6.07, 6.45) is 15.3. The summed E-state index contributed by atoms with van der Waals surface area (Å²) < 4.78 is 4.89. The summed E-state index contributed by atoms with van der Waals surface area (Å²) >= 11 is 0. The van der Waals surface area contributed by atoms with E-state index < -0.39 is 18.0 Å². The first-order chi connectivity index (χ1) is 12.8. The molecule has 5 heteroatoms. The number of rotatable bonds is 18. The molecule has 0 saturated heterocycles. The van der Waals surface area contributed by atoms with Crippen LogP contribution in [-0.4, -0.2) is 33.4 Å². The second-order valence-corrected chi connectivity index (χ2v) is 8.25. The van der Waals surface area contributed by atoms with Gasteiger partial charge >= 0.3 is 11.9 Å². The Balaban J connectivity index is 3.37. The fraction of sp³-hybridized carbons (Fsp3) is 0.955. The molecule has 0 aromatic heterocycles. The van der Waals surface area contributed by atoms with Crippen molar-refractivity contribution in [1.29, 1.82) is 0 Å². The summed E-state index contributed by atoms with van der Waals surface area (Å²) in [6.45, 7) is 6.20. The second kappa shape index (κ2) is 16.3. The number of carbonyl (C=O) groups is 1. The smallest absolute Gasteiger partial charge is 0.314 e. The monoisotopic (exact) mass is 388 g/mol. The van der Waals surface area contributed by atoms with E-state index in [1.54, 1.807) is 6.92 Å². The lowest BCUT2D eigenvalue weighted by molar-refractivity contribution is -0.356. The maximum absolute atomic E-state index is 11.6. The first-order valence-corrected chi connectivity index (χ1v) is 11.1. The van der Waals surface area contributed by atoms with E-state index in [0.29, 0.717) is 0 Å². The standard InChI is InChI=1S/C22H44O5/c1-4-20(22(24,25)26)27-21(23)18-16-14-12-10-8-6-5-7-9-11-13-15-17-19(2)3/h19-20,24-26H,4-18H2,1-3H3. The topological polar surface area (TPSA) is 87.0 Å². The van der Waals surface area contributed by atoms with Crippen molar-refractivity contribution < 1.29 is 24.9 Å². The van der Waals surface area contributed by atoms with Crippen molar-refractivity contribution in [2.24, 2.45) is 5.92 Å². The highest BCUT2D eigenvalue weighted by molar-refractivity contribution is 5.69. The highest BCUT2D eigenvalue weighted by Crippen LogP contribution is 2.16. The van der Waals surface area contributed by atoms with Crippen LogP contribution in [0, 0.1) is 5.92 Å². The third-order valence-electron chi connectivity index (χ3n) is 4.99. The molecular formula is C22H44O5. The lowest BCUT2D eigenvalue weighted by Gasteiger charge is -2.24. The third kappa shape index (κ3) is 17.2. The van der Waals surface area contributed by atoms with Gasteiger partial charge < -0.3 is 20.1 Å². The Bertz CT molecular complexity index is 349. The summed E-state index contributed by atoms with van der Waals surface area (Å²) in [5.41, 5.74) is 0. The van der Waals surface area contributed by atoms with Crippen LogP contribution in [0.3, 0.4) is 0 Å². The van der Waals surface area contributed by atoms with Gasteiger partial charge in [0.2, 0.25) is 0 Å². The molecule has 0 saturated carbocycles. The maximum Gasteiger partial charge on any atom is 0.314 e. The van der Waals surface area contributed by atoms with Crippen molar-refractivity contribution in [3.63, 3.8) is 0 Å². The summed E-state index contributed by atoms with van der Waals surface area (Å²) in [5.74, 6) is -2.61. The number of carbonyl (C=O) groups excluding carboxylic acids is 1. The molecule has 0 aliphatic heterocycles. The minimum atomic E-state index is -2.96. The van der Waals surface area contributed by atoms with E-state index in [0.717, 1.165) is 25.2 Å². The largest absolute Gasteiger partial charge is 0.454 e. The van der Waals surface area contributed by atoms with Crippen LogP contribution in [0.1, 0.15) is 117 Å². The van der Waals surface area contributed by atoms with Gasteiger partial charge in [-0.15, -0.1) is 0 Å². The number of aliphatic hydroxyl groups is 3. The predicted molar refractivity (Wildman–Crippen MR) is 109 cm³/mol. The summed E-state index contributed by atoms with van der Waals surface area (Å²) in [6, 6.07) is 0. The van der Waals surface area contributed by atoms with Gasteiger partial charge in [0, 0.05) is 6.42 Å². The van der Waals surface area contributed by atoms with Crippen LogP contribution in [0.4, 0.5) is 0 Å². The molecule has 1 unspecified atom stereocenters. The normalized spacial score (nSPS) is 13.1. The number of hydrogen-bond acceptors (Lipinski definition) is 5. The SMILES string of the molecule is CCC(OC(=O)CCCCCCCCCCCCCCC(C)C)C(O)(O)O. The molecule has 162 valence electrons. The molecule has 0 aliphatic carbocycles. The van der Waals surface area contributed by atoms with Crippen LogP contribution >= 0.6 is 0 Å². The average molecular weight is 389 g/mol. The van der Waals surface area contributed by atoms with Crippen LogP contribution < -0.4 is 0 Å². The lowest BCUT2D eigenvalue weighted by atomic mass is 10.0. The van der Waals surface area contributed by atoms with Gasteiger partial charge in [0.25, 0.3) is 0 Å². The zero-order chi connectivity index (χ0) is 20.5. The van der Waals surface area contributed by atoms with Gasteiger partial charge in [-0.05, 0) is 18.8 Å². The van der Waals surface area contributed by atoms with Crippen molar-refractivity contribution in [3.8, 4) is 0 Å². The van der Waals surface area contributed by atoms with Crippen LogP contribution in [0.15, 0.2) is 0 Å². The first kappa shape index (κ1) is 26.4. The molecule has 0 amide bonds. The summed E-state index contributed by atoms with van der Waals surface area (Å²) in [4.78, 5) is 11.6. The molecule has 0 aromatic rings. The molecular weight excluding hydrogens is 344 g/mol. The fourth-order valence-corrected chi connectivity index (χ4v) is 3.24. The first-order valence-electron chi connectivity index (χ1n) is 11.1. The molecule has 0 heterocycles. The van der Waals surface area contributed by atoms with E-state index >= 15 is 0 Å². The van der Waals surface area contributed by atoms with Gasteiger partial charge in [0.05, 0.1) is 0 Å². The molecule has 27 heavy (non-hydrogen) atoms. The minimum absolute atomic E-state index is 0.146. The van der Waals surface area contributed by atoms with Crippen LogP contribution in [0.2, 0.25) is 0 Å². The van der Waals surface area contributed by atoms with Crippen LogP contribution in [0.25, 0.3) is 0 Å². The van der Waals surface area contributed by atoms with Gasteiger partial charge in [-0.2, -0.15) is 0 Å². The molecule has 0 radical (unpaired) electrons. The average Bonchev–Trinajstić information content (AvgIpc) is 2.58. The Morgan fingerprint density at radius 2 is 1.19 bits per heavy atom. The second-order valence-electron chi connectivity index (χ2n) is 8.25. The molecule has 0 spiro atoms. The molecule has 0 aliphatic rings. The van der Waals surface area contributed by atoms with E-state index in [1.807, 2.05) is 0 Å². The van der Waals surface area contributed by atoms with Crippen molar-refractivity contribution in [2.75, 3.05) is 0 Å². The molecule has 1 atom stereocenters. The van der Waals surface area contributed by atoms with Gasteiger partial charge in [-0.1, -0.05) is 97.8 Å². The highest BCUT2D eigenvalue weighted by Gasteiger charge is 2.33. The van der Waals surface area contributed by atoms with Gasteiger partial charge in [-0.25, -0.2) is 0 Å². The minimum Gasteiger partial charge on any atom is -0.454 e. The van der Waals surface area contributed by atoms with Crippen LogP contribution in [0.5, 0.6) is 0 Å². The number of esters is 1. The molecule has 5 nitrogen and oxygen atoms in total. The third-order valence-corrected chi connectivity index (χ3v) is 4.99. The van der Waals surface area contributed by atoms with E-state index in [-0.39, 0.29) is 12.8 Å². The summed E-state index contributed by atoms with van der Waals surface area (Å²) in [5, 5.41) is 27.2. The quantitative estimate of drug-likeness (QED) is 0.174. The van der Waals surface area contributed by atoms with Gasteiger partial charge in [0.1, 0.15) is 0 Å². The van der Waals surface area contributed by atoms with E-state index in [9.17, 15) is 4.79 Å². The Morgan fingerprint density at radius 3 is 1.56 bits per heavy atom. The molecule has 0 rings (SSSR count). The Labute approximate surface area is 166 Å². The number of ether oxygens (including phenoxy) is 1.